The second-order valence-electron chi connectivity index (χ2n) is 6.07. The van der Waals surface area contributed by atoms with Crippen LogP contribution in [0.4, 0.5) is 0 Å². The molecule has 4 nitrogen and oxygen atoms in total. The molecule has 0 aliphatic heterocycles. The molecule has 0 radical (unpaired) electrons. The van der Waals surface area contributed by atoms with E-state index in [9.17, 15) is 4.79 Å². The molecule has 26 heavy (non-hydrogen) atoms. The van der Waals surface area contributed by atoms with E-state index in [2.05, 4.69) is 48.4 Å². The Hall–Kier alpha value is -2.66. The third kappa shape index (κ3) is 4.70. The molecule has 0 unspecified atom stereocenters. The van der Waals surface area contributed by atoms with E-state index in [-0.39, 0.29) is 5.91 Å². The number of benzene rings is 2. The Morgan fingerprint density at radius 1 is 1.19 bits per heavy atom. The Morgan fingerprint density at radius 3 is 2.77 bits per heavy atom. The number of hydrogen-bond donors (Lipinski definition) is 1. The quantitative estimate of drug-likeness (QED) is 0.651. The van der Waals surface area contributed by atoms with Crippen molar-refractivity contribution in [1.29, 1.82) is 0 Å². The number of aromatic nitrogens is 1. The van der Waals surface area contributed by atoms with Gasteiger partial charge in [-0.3, -0.25) is 4.79 Å². The standard InChI is InChI=1S/C21H22N2O2S/c1-3-11-25-19-6-4-5-17(12-19)20(24)22-13-18-14-26-21(23-18)16-9-7-15(2)8-10-16/h4-10,12,14H,3,11,13H2,1-2H3,(H,22,24). The van der Waals surface area contributed by atoms with Gasteiger partial charge in [0.2, 0.25) is 0 Å². The minimum absolute atomic E-state index is 0.128. The molecule has 0 saturated carbocycles. The van der Waals surface area contributed by atoms with Crippen LogP contribution in [0.3, 0.4) is 0 Å². The smallest absolute Gasteiger partial charge is 0.251 e. The van der Waals surface area contributed by atoms with Crippen molar-refractivity contribution in [1.82, 2.24) is 10.3 Å². The van der Waals surface area contributed by atoms with Crippen molar-refractivity contribution >= 4 is 17.2 Å². The lowest BCUT2D eigenvalue weighted by Crippen LogP contribution is -2.22. The van der Waals surface area contributed by atoms with Gasteiger partial charge in [0.1, 0.15) is 10.8 Å². The largest absolute Gasteiger partial charge is 0.494 e. The second kappa shape index (κ2) is 8.63. The van der Waals surface area contributed by atoms with E-state index in [4.69, 9.17) is 4.74 Å². The molecule has 3 aromatic rings. The highest BCUT2D eigenvalue weighted by Crippen LogP contribution is 2.24. The Labute approximate surface area is 157 Å². The average molecular weight is 366 g/mol. The van der Waals surface area contributed by atoms with E-state index in [1.165, 1.54) is 5.56 Å². The van der Waals surface area contributed by atoms with Gasteiger partial charge in [0.15, 0.2) is 0 Å². The number of carbonyl (C=O) groups is 1. The number of hydrogen-bond acceptors (Lipinski definition) is 4. The Kier molecular flexibility index (Phi) is 6.02. The van der Waals surface area contributed by atoms with E-state index in [0.717, 1.165) is 28.4 Å². The highest BCUT2D eigenvalue weighted by molar-refractivity contribution is 7.13. The molecule has 0 saturated heterocycles. The monoisotopic (exact) mass is 366 g/mol. The second-order valence-corrected chi connectivity index (χ2v) is 6.93. The summed E-state index contributed by atoms with van der Waals surface area (Å²) in [5, 5.41) is 5.87. The molecule has 134 valence electrons. The Balaban J connectivity index is 1.60. The molecular weight excluding hydrogens is 344 g/mol. The van der Waals surface area contributed by atoms with Gasteiger partial charge in [-0.15, -0.1) is 11.3 Å². The number of rotatable bonds is 7. The molecule has 3 rings (SSSR count). The van der Waals surface area contributed by atoms with Crippen molar-refractivity contribution in [3.63, 3.8) is 0 Å². The van der Waals surface area contributed by atoms with Crippen molar-refractivity contribution in [3.05, 3.63) is 70.7 Å². The minimum atomic E-state index is -0.128. The zero-order chi connectivity index (χ0) is 18.4. The van der Waals surface area contributed by atoms with Crippen LogP contribution in [-0.2, 0) is 6.54 Å². The molecule has 0 spiro atoms. The summed E-state index contributed by atoms with van der Waals surface area (Å²) in [7, 11) is 0. The molecule has 1 amide bonds. The highest BCUT2D eigenvalue weighted by atomic mass is 32.1. The summed E-state index contributed by atoms with van der Waals surface area (Å²) in [5.41, 5.74) is 3.77. The van der Waals surface area contributed by atoms with E-state index in [1.807, 2.05) is 17.5 Å². The topological polar surface area (TPSA) is 51.2 Å². The Morgan fingerprint density at radius 2 is 2.00 bits per heavy atom. The van der Waals surface area contributed by atoms with Crippen molar-refractivity contribution < 1.29 is 9.53 Å². The fraction of sp³-hybridized carbons (Fsp3) is 0.238. The van der Waals surface area contributed by atoms with Crippen molar-refractivity contribution in [3.8, 4) is 16.3 Å². The van der Waals surface area contributed by atoms with Crippen molar-refractivity contribution in [2.75, 3.05) is 6.61 Å². The first-order chi connectivity index (χ1) is 12.7. The van der Waals surface area contributed by atoms with Crippen LogP contribution in [0.15, 0.2) is 53.9 Å². The lowest BCUT2D eigenvalue weighted by atomic mass is 10.2. The van der Waals surface area contributed by atoms with Crippen molar-refractivity contribution in [2.24, 2.45) is 0 Å². The SMILES string of the molecule is CCCOc1cccc(C(=O)NCc2csc(-c3ccc(C)cc3)n2)c1. The summed E-state index contributed by atoms with van der Waals surface area (Å²) >= 11 is 1.59. The van der Waals surface area contributed by atoms with Gasteiger partial charge in [0.05, 0.1) is 18.8 Å². The van der Waals surface area contributed by atoms with Crippen molar-refractivity contribution in [2.45, 2.75) is 26.8 Å². The molecule has 1 heterocycles. The fourth-order valence-corrected chi connectivity index (χ4v) is 3.26. The predicted octanol–water partition coefficient (Wildman–Crippen LogP) is 4.84. The maximum Gasteiger partial charge on any atom is 0.251 e. The molecule has 0 atom stereocenters. The van der Waals surface area contributed by atoms with Crippen LogP contribution in [0.25, 0.3) is 10.6 Å². The lowest BCUT2D eigenvalue weighted by Gasteiger charge is -2.07. The normalized spacial score (nSPS) is 10.5. The van der Waals surface area contributed by atoms with Gasteiger partial charge in [0.25, 0.3) is 5.91 Å². The van der Waals surface area contributed by atoms with E-state index < -0.39 is 0 Å². The number of thiazole rings is 1. The zero-order valence-electron chi connectivity index (χ0n) is 15.0. The molecule has 5 heteroatoms. The number of nitrogens with zero attached hydrogens (tertiary/aromatic N) is 1. The van der Waals surface area contributed by atoms with E-state index in [1.54, 1.807) is 23.5 Å². The Bertz CT molecular complexity index is 872. The molecule has 0 aliphatic carbocycles. The first-order valence-corrected chi connectivity index (χ1v) is 9.56. The summed E-state index contributed by atoms with van der Waals surface area (Å²) in [6.45, 7) is 5.16. The predicted molar refractivity (Wildman–Crippen MR) is 106 cm³/mol. The van der Waals surface area contributed by atoms with Gasteiger partial charge in [-0.1, -0.05) is 42.8 Å². The number of nitrogens with one attached hydrogen (secondary N) is 1. The van der Waals surface area contributed by atoms with E-state index >= 15 is 0 Å². The molecule has 1 N–H and O–H groups in total. The third-order valence-electron chi connectivity index (χ3n) is 3.85. The molecule has 0 bridgehead atoms. The molecular formula is C21H22N2O2S. The van der Waals surface area contributed by atoms with Gasteiger partial charge >= 0.3 is 0 Å². The minimum Gasteiger partial charge on any atom is -0.494 e. The first kappa shape index (κ1) is 18.1. The highest BCUT2D eigenvalue weighted by Gasteiger charge is 2.09. The molecule has 0 aliphatic rings. The molecule has 0 fully saturated rings. The van der Waals surface area contributed by atoms with Crippen LogP contribution in [0.1, 0.15) is 35.0 Å². The first-order valence-electron chi connectivity index (χ1n) is 8.68. The average Bonchev–Trinajstić information content (AvgIpc) is 3.14. The van der Waals surface area contributed by atoms with Crippen LogP contribution in [-0.4, -0.2) is 17.5 Å². The molecule has 2 aromatic carbocycles. The fourth-order valence-electron chi connectivity index (χ4n) is 2.44. The summed E-state index contributed by atoms with van der Waals surface area (Å²) in [5.74, 6) is 0.589. The van der Waals surface area contributed by atoms with Gasteiger partial charge in [-0.25, -0.2) is 4.98 Å². The van der Waals surface area contributed by atoms with E-state index in [0.29, 0.717) is 18.7 Å². The van der Waals surface area contributed by atoms with Gasteiger partial charge in [0, 0.05) is 16.5 Å². The maximum absolute atomic E-state index is 12.4. The lowest BCUT2D eigenvalue weighted by molar-refractivity contribution is 0.0950. The summed E-state index contributed by atoms with van der Waals surface area (Å²) < 4.78 is 5.58. The van der Waals surface area contributed by atoms with Gasteiger partial charge in [-0.05, 0) is 31.5 Å². The van der Waals surface area contributed by atoms with Crippen LogP contribution < -0.4 is 10.1 Å². The van der Waals surface area contributed by atoms with Crippen LogP contribution in [0.5, 0.6) is 5.75 Å². The summed E-state index contributed by atoms with van der Waals surface area (Å²) in [6, 6.07) is 15.5. The number of aryl methyl sites for hydroxylation is 1. The summed E-state index contributed by atoms with van der Waals surface area (Å²) in [6.07, 6.45) is 0.934. The maximum atomic E-state index is 12.4. The summed E-state index contributed by atoms with van der Waals surface area (Å²) in [4.78, 5) is 17.0. The van der Waals surface area contributed by atoms with Gasteiger partial charge < -0.3 is 10.1 Å². The van der Waals surface area contributed by atoms with Crippen LogP contribution in [0.2, 0.25) is 0 Å². The molecule has 1 aromatic heterocycles. The van der Waals surface area contributed by atoms with Crippen LogP contribution >= 0.6 is 11.3 Å². The number of amides is 1. The number of ether oxygens (including phenoxy) is 1. The zero-order valence-corrected chi connectivity index (χ0v) is 15.8. The van der Waals surface area contributed by atoms with Crippen LogP contribution in [0, 0.1) is 6.92 Å². The van der Waals surface area contributed by atoms with Gasteiger partial charge in [-0.2, -0.15) is 0 Å². The third-order valence-corrected chi connectivity index (χ3v) is 4.79. The number of carbonyl (C=O) groups excluding carboxylic acids is 1.